The first-order chi connectivity index (χ1) is 14.5. The van der Waals surface area contributed by atoms with Crippen LogP contribution in [0.1, 0.15) is 37.7 Å². The average Bonchev–Trinajstić information content (AvgIpc) is 2.77. The first-order valence-corrected chi connectivity index (χ1v) is 10.6. The van der Waals surface area contributed by atoms with Gasteiger partial charge in [-0.1, -0.05) is 12.5 Å². The van der Waals surface area contributed by atoms with Crippen molar-refractivity contribution < 1.29 is 9.90 Å². The van der Waals surface area contributed by atoms with Crippen LogP contribution in [0.25, 0.3) is 17.3 Å². The van der Waals surface area contributed by atoms with Gasteiger partial charge in [-0.2, -0.15) is 0 Å². The highest BCUT2D eigenvalue weighted by Gasteiger charge is 2.33. The van der Waals surface area contributed by atoms with Crippen LogP contribution in [0.5, 0.6) is 5.75 Å². The minimum absolute atomic E-state index is 0.107. The van der Waals surface area contributed by atoms with Crippen molar-refractivity contribution in [2.75, 3.05) is 19.0 Å². The Morgan fingerprint density at radius 2 is 1.97 bits per heavy atom. The molecule has 3 atom stereocenters. The highest BCUT2D eigenvalue weighted by atomic mass is 16.3. The van der Waals surface area contributed by atoms with Crippen LogP contribution >= 0.6 is 0 Å². The van der Waals surface area contributed by atoms with Gasteiger partial charge in [0.1, 0.15) is 5.75 Å². The van der Waals surface area contributed by atoms with Gasteiger partial charge in [0.25, 0.3) is 0 Å². The summed E-state index contributed by atoms with van der Waals surface area (Å²) in [5.74, 6) is 0.769. The molecule has 7 heteroatoms. The van der Waals surface area contributed by atoms with E-state index in [4.69, 9.17) is 0 Å². The minimum Gasteiger partial charge on any atom is -0.507 e. The number of piperidine rings is 2. The molecule has 2 aliphatic rings. The van der Waals surface area contributed by atoms with Crippen LogP contribution in [0.2, 0.25) is 0 Å². The van der Waals surface area contributed by atoms with Crippen molar-refractivity contribution in [3.8, 4) is 17.0 Å². The van der Waals surface area contributed by atoms with Crippen LogP contribution < -0.4 is 15.5 Å². The van der Waals surface area contributed by atoms with Crippen molar-refractivity contribution in [2.24, 2.45) is 0 Å². The van der Waals surface area contributed by atoms with Gasteiger partial charge in [0, 0.05) is 43.9 Å². The number of benzene rings is 1. The molecule has 158 valence electrons. The van der Waals surface area contributed by atoms with Crippen molar-refractivity contribution in [3.63, 3.8) is 0 Å². The molecule has 1 amide bonds. The summed E-state index contributed by atoms with van der Waals surface area (Å²) in [7, 11) is 3.67. The van der Waals surface area contributed by atoms with Gasteiger partial charge < -0.3 is 20.6 Å². The lowest BCUT2D eigenvalue weighted by Crippen LogP contribution is -2.54. The molecule has 3 heterocycles. The van der Waals surface area contributed by atoms with Crippen molar-refractivity contribution in [2.45, 2.75) is 50.2 Å². The summed E-state index contributed by atoms with van der Waals surface area (Å²) in [5, 5.41) is 25.5. The Labute approximate surface area is 177 Å². The first kappa shape index (κ1) is 20.3. The first-order valence-electron chi connectivity index (χ1n) is 10.6. The second-order valence-electron chi connectivity index (χ2n) is 8.23. The monoisotopic (exact) mass is 407 g/mol. The third-order valence-electron chi connectivity index (χ3n) is 6.22. The van der Waals surface area contributed by atoms with Crippen molar-refractivity contribution in [1.29, 1.82) is 0 Å². The van der Waals surface area contributed by atoms with Gasteiger partial charge in [0.2, 0.25) is 5.91 Å². The predicted octanol–water partition coefficient (Wildman–Crippen LogP) is 2.72. The quantitative estimate of drug-likeness (QED) is 0.661. The zero-order chi connectivity index (χ0) is 21.1. The average molecular weight is 408 g/mol. The molecule has 1 aromatic heterocycles. The Bertz CT molecular complexity index is 916. The number of nitrogens with zero attached hydrogens (tertiary/aromatic N) is 3. The molecule has 0 aliphatic carbocycles. The van der Waals surface area contributed by atoms with Crippen molar-refractivity contribution >= 4 is 17.8 Å². The largest absolute Gasteiger partial charge is 0.507 e. The number of anilines is 1. The van der Waals surface area contributed by atoms with E-state index in [1.165, 1.54) is 25.3 Å². The number of fused-ring (bicyclic) bond motifs is 2. The van der Waals surface area contributed by atoms with Gasteiger partial charge in [-0.3, -0.25) is 4.79 Å². The van der Waals surface area contributed by atoms with E-state index in [9.17, 15) is 9.90 Å². The molecule has 0 spiro atoms. The molecule has 1 aromatic carbocycles. The molecule has 7 nitrogen and oxygen atoms in total. The summed E-state index contributed by atoms with van der Waals surface area (Å²) in [4.78, 5) is 13.6. The van der Waals surface area contributed by atoms with Crippen molar-refractivity contribution in [3.05, 3.63) is 42.0 Å². The second kappa shape index (κ2) is 8.83. The molecule has 0 saturated carbocycles. The van der Waals surface area contributed by atoms with Gasteiger partial charge in [-0.25, -0.2) is 0 Å². The topological polar surface area (TPSA) is 90.4 Å². The highest BCUT2D eigenvalue weighted by Crippen LogP contribution is 2.32. The third-order valence-corrected chi connectivity index (χ3v) is 6.22. The van der Waals surface area contributed by atoms with E-state index in [-0.39, 0.29) is 11.7 Å². The van der Waals surface area contributed by atoms with Crippen LogP contribution in [-0.2, 0) is 4.79 Å². The lowest BCUT2D eigenvalue weighted by molar-refractivity contribution is -0.115. The van der Waals surface area contributed by atoms with Gasteiger partial charge in [-0.15, -0.1) is 10.2 Å². The molecule has 4 rings (SSSR count). The predicted molar refractivity (Wildman–Crippen MR) is 118 cm³/mol. The molecule has 2 bridgehead atoms. The maximum absolute atomic E-state index is 11.3. The minimum atomic E-state index is -0.193. The normalized spacial score (nSPS) is 23.3. The second-order valence-corrected chi connectivity index (χ2v) is 8.23. The Hall–Kier alpha value is -2.93. The number of hydrogen-bond acceptors (Lipinski definition) is 6. The van der Waals surface area contributed by atoms with E-state index in [1.54, 1.807) is 25.3 Å². The number of likely N-dealkylation sites (N-methyl/N-ethyl adjacent to an activating group) is 1. The van der Waals surface area contributed by atoms with Gasteiger partial charge in [0.05, 0.1) is 5.69 Å². The maximum Gasteiger partial charge on any atom is 0.243 e. The molecular weight excluding hydrogens is 378 g/mol. The Kier molecular flexibility index (Phi) is 5.99. The molecule has 30 heavy (non-hydrogen) atoms. The summed E-state index contributed by atoms with van der Waals surface area (Å²) in [6.07, 6.45) is 9.22. The summed E-state index contributed by atoms with van der Waals surface area (Å²) in [6.45, 7) is 0. The lowest BCUT2D eigenvalue weighted by atomic mass is 9.83. The number of nitrogens with one attached hydrogen (secondary N) is 2. The molecule has 0 unspecified atom stereocenters. The lowest BCUT2D eigenvalue weighted by Gasteiger charge is -2.43. The van der Waals surface area contributed by atoms with E-state index in [1.807, 2.05) is 18.2 Å². The number of amides is 1. The maximum atomic E-state index is 11.3. The zero-order valence-electron chi connectivity index (χ0n) is 17.5. The number of hydrogen-bond donors (Lipinski definition) is 3. The summed E-state index contributed by atoms with van der Waals surface area (Å²) in [5.41, 5.74) is 1.97. The summed E-state index contributed by atoms with van der Waals surface area (Å²) < 4.78 is 0. The molecule has 2 fully saturated rings. The van der Waals surface area contributed by atoms with Gasteiger partial charge in [0.15, 0.2) is 5.82 Å². The number of phenols is 1. The molecule has 2 aliphatic heterocycles. The van der Waals surface area contributed by atoms with Crippen LogP contribution in [-0.4, -0.2) is 53.4 Å². The van der Waals surface area contributed by atoms with E-state index >= 15 is 0 Å². The number of aromatic nitrogens is 2. The van der Waals surface area contributed by atoms with E-state index in [0.717, 1.165) is 24.2 Å². The Balaban J connectivity index is 1.46. The highest BCUT2D eigenvalue weighted by molar-refractivity contribution is 5.91. The summed E-state index contributed by atoms with van der Waals surface area (Å²) in [6, 6.07) is 10.8. The molecule has 3 N–H and O–H groups in total. The zero-order valence-corrected chi connectivity index (χ0v) is 17.5. The van der Waals surface area contributed by atoms with Crippen LogP contribution in [0.3, 0.4) is 0 Å². The standard InChI is InChI=1S/C23H29N5O2/c1-24-23(30)11-7-15-6-8-19(21(29)12-15)20-9-10-22(27-26-20)28(2)18-13-16-4-3-5-17(14-18)25-16/h6-12,16-18,25,29H,3-5,13-14H2,1-2H3,(H,24,30)/b11-7+/t16-,17+,18+. The number of carbonyl (C=O) groups is 1. The fraction of sp³-hybridized carbons (Fsp3) is 0.435. The Morgan fingerprint density at radius 1 is 1.20 bits per heavy atom. The number of phenolic OH excluding ortho intramolecular Hbond substituents is 1. The van der Waals surface area contributed by atoms with E-state index < -0.39 is 0 Å². The van der Waals surface area contributed by atoms with Crippen LogP contribution in [0, 0.1) is 0 Å². The third kappa shape index (κ3) is 4.46. The van der Waals surface area contributed by atoms with Crippen molar-refractivity contribution in [1.82, 2.24) is 20.8 Å². The van der Waals surface area contributed by atoms with Crippen LogP contribution in [0.4, 0.5) is 5.82 Å². The summed E-state index contributed by atoms with van der Waals surface area (Å²) >= 11 is 0. The SMILES string of the molecule is CNC(=O)/C=C/c1ccc(-c2ccc(N(C)[C@H]3C[C@H]4CCC[C@@H](C3)N4)nn2)c(O)c1. The molecule has 0 radical (unpaired) electrons. The Morgan fingerprint density at radius 3 is 2.60 bits per heavy atom. The smallest absolute Gasteiger partial charge is 0.243 e. The van der Waals surface area contributed by atoms with Gasteiger partial charge in [-0.05, 0) is 61.6 Å². The molecule has 2 aromatic rings. The fourth-order valence-corrected chi connectivity index (χ4v) is 4.52. The number of aromatic hydroxyl groups is 1. The molecule has 2 saturated heterocycles. The number of rotatable bonds is 5. The van der Waals surface area contributed by atoms with Crippen LogP contribution in [0.15, 0.2) is 36.4 Å². The van der Waals surface area contributed by atoms with E-state index in [0.29, 0.717) is 29.4 Å². The fourth-order valence-electron chi connectivity index (χ4n) is 4.52. The van der Waals surface area contributed by atoms with Gasteiger partial charge >= 0.3 is 0 Å². The van der Waals surface area contributed by atoms with E-state index in [2.05, 4.69) is 32.8 Å². The molecular formula is C23H29N5O2. The number of carbonyl (C=O) groups excluding carboxylic acids is 1.